The molecular weight excluding hydrogens is 342 g/mol. The summed E-state index contributed by atoms with van der Waals surface area (Å²) in [6.45, 7) is 4.77. The Bertz CT molecular complexity index is 703. The molecule has 1 aliphatic rings. The van der Waals surface area contributed by atoms with E-state index in [-0.39, 0.29) is 12.3 Å². The molecule has 0 saturated carbocycles. The second-order valence-electron chi connectivity index (χ2n) is 5.57. The number of carboxylic acids is 1. The van der Waals surface area contributed by atoms with Gasteiger partial charge in [0.15, 0.2) is 5.17 Å². The van der Waals surface area contributed by atoms with E-state index in [1.165, 1.54) is 0 Å². The molecule has 2 N–H and O–H groups in total. The Morgan fingerprint density at radius 1 is 1.48 bits per heavy atom. The molecule has 1 aliphatic heterocycles. The van der Waals surface area contributed by atoms with E-state index in [0.29, 0.717) is 11.8 Å². The first-order valence-electron chi connectivity index (χ1n) is 8.03. The fourth-order valence-corrected chi connectivity index (χ4v) is 2.99. The molecule has 1 amide bonds. The van der Waals surface area contributed by atoms with E-state index < -0.39 is 11.2 Å². The SMILES string of the molecule is CCCCOc1cc(C=NN=C2NC(=O)C(CC(=O)O)S2)ccc1C. The van der Waals surface area contributed by atoms with E-state index in [0.717, 1.165) is 41.5 Å². The van der Waals surface area contributed by atoms with Crippen molar-refractivity contribution in [3.05, 3.63) is 29.3 Å². The summed E-state index contributed by atoms with van der Waals surface area (Å²) in [4.78, 5) is 22.3. The van der Waals surface area contributed by atoms with Crippen LogP contribution in [0, 0.1) is 6.92 Å². The van der Waals surface area contributed by atoms with E-state index >= 15 is 0 Å². The first-order valence-corrected chi connectivity index (χ1v) is 8.91. The van der Waals surface area contributed by atoms with Crippen molar-refractivity contribution < 1.29 is 19.4 Å². The molecular formula is C17H21N3O4S. The molecule has 1 aromatic rings. The van der Waals surface area contributed by atoms with Gasteiger partial charge in [0.25, 0.3) is 0 Å². The van der Waals surface area contributed by atoms with Crippen molar-refractivity contribution in [3.63, 3.8) is 0 Å². The highest BCUT2D eigenvalue weighted by atomic mass is 32.2. The van der Waals surface area contributed by atoms with Crippen LogP contribution in [0.2, 0.25) is 0 Å². The first kappa shape index (κ1) is 19.0. The molecule has 1 saturated heterocycles. The van der Waals surface area contributed by atoms with Gasteiger partial charge in [-0.05, 0) is 30.5 Å². The molecule has 1 atom stereocenters. The zero-order chi connectivity index (χ0) is 18.2. The summed E-state index contributed by atoms with van der Waals surface area (Å²) in [7, 11) is 0. The minimum Gasteiger partial charge on any atom is -0.493 e. The molecule has 1 fully saturated rings. The van der Waals surface area contributed by atoms with Crippen LogP contribution in [-0.4, -0.2) is 40.2 Å². The summed E-state index contributed by atoms with van der Waals surface area (Å²) < 4.78 is 5.75. The van der Waals surface area contributed by atoms with Gasteiger partial charge in [-0.25, -0.2) is 0 Å². The number of rotatable bonds is 8. The number of nitrogens with zero attached hydrogens (tertiary/aromatic N) is 2. The van der Waals surface area contributed by atoms with Crippen LogP contribution in [0.4, 0.5) is 0 Å². The minimum absolute atomic E-state index is 0.240. The van der Waals surface area contributed by atoms with Crippen molar-refractivity contribution in [3.8, 4) is 5.75 Å². The van der Waals surface area contributed by atoms with Crippen molar-refractivity contribution >= 4 is 35.0 Å². The molecule has 1 aromatic carbocycles. The average Bonchev–Trinajstić information content (AvgIpc) is 2.89. The standard InChI is InChI=1S/C17H21N3O4S/c1-3-4-7-24-13-8-12(6-5-11(13)2)10-18-20-17-19-16(23)14(25-17)9-15(21)22/h5-6,8,10,14H,3-4,7,9H2,1-2H3,(H,21,22)(H,19,20,23). The molecule has 0 bridgehead atoms. The van der Waals surface area contributed by atoms with E-state index in [9.17, 15) is 9.59 Å². The van der Waals surface area contributed by atoms with Crippen LogP contribution in [-0.2, 0) is 9.59 Å². The second-order valence-corrected chi connectivity index (χ2v) is 6.76. The largest absolute Gasteiger partial charge is 0.493 e. The zero-order valence-electron chi connectivity index (χ0n) is 14.2. The fraction of sp³-hybridized carbons (Fsp3) is 0.412. The summed E-state index contributed by atoms with van der Waals surface area (Å²) in [5, 5.41) is 18.8. The highest BCUT2D eigenvalue weighted by Gasteiger charge is 2.32. The highest BCUT2D eigenvalue weighted by Crippen LogP contribution is 2.22. The number of carboxylic acid groups (broad SMARTS) is 1. The Morgan fingerprint density at radius 3 is 3.00 bits per heavy atom. The Morgan fingerprint density at radius 2 is 2.28 bits per heavy atom. The molecule has 134 valence electrons. The lowest BCUT2D eigenvalue weighted by atomic mass is 10.1. The quantitative estimate of drug-likeness (QED) is 0.420. The molecule has 0 radical (unpaired) electrons. The highest BCUT2D eigenvalue weighted by molar-refractivity contribution is 8.15. The third-order valence-corrected chi connectivity index (χ3v) is 4.53. The molecule has 2 rings (SSSR count). The lowest BCUT2D eigenvalue weighted by molar-refractivity contribution is -0.138. The third-order valence-electron chi connectivity index (χ3n) is 3.46. The number of amides is 1. The fourth-order valence-electron chi connectivity index (χ4n) is 2.07. The monoisotopic (exact) mass is 363 g/mol. The van der Waals surface area contributed by atoms with Gasteiger partial charge in [-0.3, -0.25) is 9.59 Å². The first-order chi connectivity index (χ1) is 12.0. The number of ether oxygens (including phenoxy) is 1. The van der Waals surface area contributed by atoms with E-state index in [4.69, 9.17) is 9.84 Å². The predicted molar refractivity (Wildman–Crippen MR) is 98.4 cm³/mol. The number of hydrogen-bond acceptors (Lipinski definition) is 6. The predicted octanol–water partition coefficient (Wildman–Crippen LogP) is 2.57. The van der Waals surface area contributed by atoms with Gasteiger partial charge in [-0.1, -0.05) is 37.2 Å². The van der Waals surface area contributed by atoms with Gasteiger partial charge in [0.05, 0.1) is 19.2 Å². The van der Waals surface area contributed by atoms with Crippen molar-refractivity contribution in [2.24, 2.45) is 10.2 Å². The maximum Gasteiger partial charge on any atom is 0.305 e. The van der Waals surface area contributed by atoms with Crippen molar-refractivity contribution in [1.29, 1.82) is 0 Å². The molecule has 1 unspecified atom stereocenters. The number of hydrogen-bond donors (Lipinski definition) is 2. The number of aryl methyl sites for hydroxylation is 1. The van der Waals surface area contributed by atoms with Gasteiger partial charge in [0, 0.05) is 0 Å². The average molecular weight is 363 g/mol. The molecule has 25 heavy (non-hydrogen) atoms. The topological polar surface area (TPSA) is 100 Å². The van der Waals surface area contributed by atoms with Crippen molar-refractivity contribution in [2.45, 2.75) is 38.4 Å². The van der Waals surface area contributed by atoms with Crippen LogP contribution in [0.5, 0.6) is 5.75 Å². The van der Waals surface area contributed by atoms with Gasteiger partial charge in [-0.2, -0.15) is 5.10 Å². The third kappa shape index (κ3) is 5.90. The number of unbranched alkanes of at least 4 members (excludes halogenated alkanes) is 1. The van der Waals surface area contributed by atoms with E-state index in [2.05, 4.69) is 22.4 Å². The Hall–Kier alpha value is -2.35. The van der Waals surface area contributed by atoms with Gasteiger partial charge >= 0.3 is 5.97 Å². The van der Waals surface area contributed by atoms with Gasteiger partial charge in [0.2, 0.25) is 5.91 Å². The second kappa shape index (κ2) is 9.22. The summed E-state index contributed by atoms with van der Waals surface area (Å²) in [6, 6.07) is 5.74. The Balaban J connectivity index is 1.98. The number of benzene rings is 1. The van der Waals surface area contributed by atoms with Crippen molar-refractivity contribution in [1.82, 2.24) is 5.32 Å². The van der Waals surface area contributed by atoms with Gasteiger partial charge in [-0.15, -0.1) is 5.10 Å². The van der Waals surface area contributed by atoms with Gasteiger partial charge < -0.3 is 15.2 Å². The van der Waals surface area contributed by atoms with Crippen LogP contribution in [0.25, 0.3) is 0 Å². The number of nitrogens with one attached hydrogen (secondary N) is 1. The van der Waals surface area contributed by atoms with Crippen LogP contribution < -0.4 is 10.1 Å². The number of aliphatic carboxylic acids is 1. The van der Waals surface area contributed by atoms with Gasteiger partial charge in [0.1, 0.15) is 11.0 Å². The number of thioether (sulfide) groups is 1. The van der Waals surface area contributed by atoms with E-state index in [1.807, 2.05) is 25.1 Å². The molecule has 7 nitrogen and oxygen atoms in total. The zero-order valence-corrected chi connectivity index (χ0v) is 15.0. The van der Waals surface area contributed by atoms with Crippen molar-refractivity contribution in [2.75, 3.05) is 6.61 Å². The smallest absolute Gasteiger partial charge is 0.305 e. The van der Waals surface area contributed by atoms with Crippen LogP contribution in [0.1, 0.15) is 37.3 Å². The summed E-state index contributed by atoms with van der Waals surface area (Å²) in [5.74, 6) is -0.564. The molecule has 1 heterocycles. The molecule has 0 aliphatic carbocycles. The van der Waals surface area contributed by atoms with E-state index in [1.54, 1.807) is 6.21 Å². The Labute approximate surface area is 150 Å². The lowest BCUT2D eigenvalue weighted by Crippen LogP contribution is -2.26. The maximum atomic E-state index is 11.6. The molecule has 8 heteroatoms. The summed E-state index contributed by atoms with van der Waals surface area (Å²) in [5.41, 5.74) is 1.88. The summed E-state index contributed by atoms with van der Waals surface area (Å²) >= 11 is 1.07. The number of carbonyl (C=O) groups excluding carboxylic acids is 1. The van der Waals surface area contributed by atoms with Crippen LogP contribution in [0.15, 0.2) is 28.4 Å². The number of amidine groups is 1. The summed E-state index contributed by atoms with van der Waals surface area (Å²) in [6.07, 6.45) is 3.40. The molecule has 0 aromatic heterocycles. The minimum atomic E-state index is -1.02. The van der Waals surface area contributed by atoms with Crippen LogP contribution in [0.3, 0.4) is 0 Å². The normalized spacial score (nSPS) is 18.7. The maximum absolute atomic E-state index is 11.6. The Kier molecular flexibility index (Phi) is 7.00. The molecule has 0 spiro atoms. The lowest BCUT2D eigenvalue weighted by Gasteiger charge is -2.09. The number of carbonyl (C=O) groups is 2. The van der Waals surface area contributed by atoms with Crippen LogP contribution >= 0.6 is 11.8 Å².